The molecule has 118 valence electrons. The van der Waals surface area contributed by atoms with Crippen LogP contribution in [0.5, 0.6) is 0 Å². The van der Waals surface area contributed by atoms with Crippen LogP contribution in [0.15, 0.2) is 35.7 Å². The SMILES string of the molecule is CO[C@H]1CCN(Cc2nc(C)cs2)C[C@@H]1Cc1ccccc1. The Morgan fingerprint density at radius 3 is 2.82 bits per heavy atom. The second-order valence-electron chi connectivity index (χ2n) is 6.13. The van der Waals surface area contributed by atoms with Gasteiger partial charge in [-0.1, -0.05) is 30.3 Å². The maximum absolute atomic E-state index is 5.74. The Bertz CT molecular complexity index is 584. The fourth-order valence-corrected chi connectivity index (χ4v) is 4.13. The van der Waals surface area contributed by atoms with Crippen molar-refractivity contribution in [3.8, 4) is 0 Å². The highest BCUT2D eigenvalue weighted by atomic mass is 32.1. The van der Waals surface area contributed by atoms with E-state index >= 15 is 0 Å². The molecule has 3 nitrogen and oxygen atoms in total. The Kier molecular flexibility index (Phi) is 5.24. The van der Waals surface area contributed by atoms with Gasteiger partial charge in [-0.25, -0.2) is 4.98 Å². The van der Waals surface area contributed by atoms with Crippen molar-refractivity contribution in [3.05, 3.63) is 52.0 Å². The lowest BCUT2D eigenvalue weighted by Crippen LogP contribution is -2.44. The third-order valence-corrected chi connectivity index (χ3v) is 5.37. The number of likely N-dealkylation sites (tertiary alicyclic amines) is 1. The molecule has 22 heavy (non-hydrogen) atoms. The fourth-order valence-electron chi connectivity index (χ4n) is 3.32. The van der Waals surface area contributed by atoms with Crippen LogP contribution in [0.2, 0.25) is 0 Å². The Labute approximate surface area is 137 Å². The summed E-state index contributed by atoms with van der Waals surface area (Å²) in [6.07, 6.45) is 2.57. The first-order valence-electron chi connectivity index (χ1n) is 7.94. The number of hydrogen-bond donors (Lipinski definition) is 0. The molecule has 3 rings (SSSR count). The van der Waals surface area contributed by atoms with E-state index in [9.17, 15) is 0 Å². The number of ether oxygens (including phenoxy) is 1. The van der Waals surface area contributed by atoms with Gasteiger partial charge in [0.15, 0.2) is 0 Å². The molecule has 2 atom stereocenters. The molecule has 1 saturated heterocycles. The van der Waals surface area contributed by atoms with E-state index in [1.807, 2.05) is 7.11 Å². The highest BCUT2D eigenvalue weighted by Crippen LogP contribution is 2.25. The van der Waals surface area contributed by atoms with Crippen LogP contribution in [0.1, 0.15) is 22.7 Å². The number of aryl methyl sites for hydroxylation is 1. The Morgan fingerprint density at radius 1 is 1.32 bits per heavy atom. The predicted molar refractivity (Wildman–Crippen MR) is 91.2 cm³/mol. The van der Waals surface area contributed by atoms with Crippen molar-refractivity contribution in [3.63, 3.8) is 0 Å². The average molecular weight is 316 g/mol. The number of rotatable bonds is 5. The van der Waals surface area contributed by atoms with Crippen molar-refractivity contribution < 1.29 is 4.74 Å². The minimum atomic E-state index is 0.370. The number of benzene rings is 1. The van der Waals surface area contributed by atoms with Crippen molar-refractivity contribution in [2.45, 2.75) is 32.4 Å². The third kappa shape index (κ3) is 3.94. The molecule has 2 heterocycles. The first-order chi connectivity index (χ1) is 10.7. The second-order valence-corrected chi connectivity index (χ2v) is 7.07. The monoisotopic (exact) mass is 316 g/mol. The van der Waals surface area contributed by atoms with Crippen LogP contribution in [0.3, 0.4) is 0 Å². The van der Waals surface area contributed by atoms with Gasteiger partial charge in [0.25, 0.3) is 0 Å². The van der Waals surface area contributed by atoms with Crippen LogP contribution in [0, 0.1) is 12.8 Å². The lowest BCUT2D eigenvalue weighted by Gasteiger charge is -2.37. The summed E-state index contributed by atoms with van der Waals surface area (Å²) in [5, 5.41) is 3.37. The van der Waals surface area contributed by atoms with Crippen LogP contribution >= 0.6 is 11.3 Å². The minimum Gasteiger partial charge on any atom is -0.381 e. The average Bonchev–Trinajstić information content (AvgIpc) is 2.94. The van der Waals surface area contributed by atoms with Crippen molar-refractivity contribution in [2.24, 2.45) is 5.92 Å². The van der Waals surface area contributed by atoms with E-state index in [1.54, 1.807) is 11.3 Å². The molecule has 0 spiro atoms. The van der Waals surface area contributed by atoms with Gasteiger partial charge in [-0.05, 0) is 25.3 Å². The van der Waals surface area contributed by atoms with Gasteiger partial charge >= 0.3 is 0 Å². The minimum absolute atomic E-state index is 0.370. The van der Waals surface area contributed by atoms with E-state index in [1.165, 1.54) is 10.6 Å². The van der Waals surface area contributed by atoms with Gasteiger partial charge in [0, 0.05) is 37.2 Å². The smallest absolute Gasteiger partial charge is 0.107 e. The summed E-state index contributed by atoms with van der Waals surface area (Å²) in [5.41, 5.74) is 2.54. The predicted octanol–water partition coefficient (Wildman–Crippen LogP) is 3.53. The van der Waals surface area contributed by atoms with Gasteiger partial charge in [0.05, 0.1) is 12.6 Å². The maximum atomic E-state index is 5.74. The molecule has 4 heteroatoms. The topological polar surface area (TPSA) is 25.4 Å². The molecule has 0 radical (unpaired) electrons. The van der Waals surface area contributed by atoms with E-state index in [0.717, 1.165) is 38.2 Å². The normalized spacial score (nSPS) is 22.8. The number of hydrogen-bond acceptors (Lipinski definition) is 4. The first kappa shape index (κ1) is 15.7. The number of nitrogens with zero attached hydrogens (tertiary/aromatic N) is 2. The zero-order valence-electron chi connectivity index (χ0n) is 13.4. The number of methoxy groups -OCH3 is 1. The Balaban J connectivity index is 1.64. The van der Waals surface area contributed by atoms with Crippen LogP contribution < -0.4 is 0 Å². The van der Waals surface area contributed by atoms with Crippen LogP contribution in [-0.4, -0.2) is 36.2 Å². The summed E-state index contributed by atoms with van der Waals surface area (Å²) in [7, 11) is 1.85. The number of thiazole rings is 1. The lowest BCUT2D eigenvalue weighted by atomic mass is 9.88. The van der Waals surface area contributed by atoms with Crippen molar-refractivity contribution in [1.29, 1.82) is 0 Å². The van der Waals surface area contributed by atoms with Crippen molar-refractivity contribution in [2.75, 3.05) is 20.2 Å². The Morgan fingerprint density at radius 2 is 2.14 bits per heavy atom. The number of piperidine rings is 1. The zero-order valence-corrected chi connectivity index (χ0v) is 14.2. The van der Waals surface area contributed by atoms with Crippen LogP contribution in [-0.2, 0) is 17.7 Å². The lowest BCUT2D eigenvalue weighted by molar-refractivity contribution is -0.00850. The van der Waals surface area contributed by atoms with Gasteiger partial charge in [-0.3, -0.25) is 4.90 Å². The third-order valence-electron chi connectivity index (χ3n) is 4.42. The largest absolute Gasteiger partial charge is 0.381 e. The summed E-state index contributed by atoms with van der Waals surface area (Å²) in [6.45, 7) is 5.23. The van der Waals surface area contributed by atoms with E-state index in [0.29, 0.717) is 12.0 Å². The Hall–Kier alpha value is -1.23. The molecule has 0 bridgehead atoms. The maximum Gasteiger partial charge on any atom is 0.107 e. The molecule has 0 amide bonds. The first-order valence-corrected chi connectivity index (χ1v) is 8.82. The summed E-state index contributed by atoms with van der Waals surface area (Å²) in [6, 6.07) is 10.8. The molecule has 1 aromatic heterocycles. The molecule has 1 aliphatic rings. The zero-order chi connectivity index (χ0) is 15.4. The standard InChI is InChI=1S/C18H24N2OS/c1-14-13-22-18(19-14)12-20-9-8-17(21-2)16(11-20)10-15-6-4-3-5-7-15/h3-7,13,16-17H,8-12H2,1-2H3/t16-,17-/m0/s1. The fraction of sp³-hybridized carbons (Fsp3) is 0.500. The molecule has 0 N–H and O–H groups in total. The summed E-state index contributed by atoms with van der Waals surface area (Å²) in [4.78, 5) is 7.13. The van der Waals surface area contributed by atoms with E-state index in [2.05, 4.69) is 52.5 Å². The highest BCUT2D eigenvalue weighted by Gasteiger charge is 2.29. The number of aromatic nitrogens is 1. The van der Waals surface area contributed by atoms with Crippen molar-refractivity contribution >= 4 is 11.3 Å². The van der Waals surface area contributed by atoms with Crippen LogP contribution in [0.4, 0.5) is 0 Å². The highest BCUT2D eigenvalue weighted by molar-refractivity contribution is 7.09. The molecule has 0 unspecified atom stereocenters. The molecule has 1 aromatic carbocycles. The molecule has 0 saturated carbocycles. The molecule has 1 fully saturated rings. The van der Waals surface area contributed by atoms with Gasteiger partial charge in [0.1, 0.15) is 5.01 Å². The quantitative estimate of drug-likeness (QED) is 0.844. The molecule has 0 aliphatic carbocycles. The second kappa shape index (κ2) is 7.36. The molecular weight excluding hydrogens is 292 g/mol. The molecule has 2 aromatic rings. The van der Waals surface area contributed by atoms with Gasteiger partial charge < -0.3 is 4.74 Å². The summed E-state index contributed by atoms with van der Waals surface area (Å²) in [5.74, 6) is 0.558. The van der Waals surface area contributed by atoms with E-state index in [-0.39, 0.29) is 0 Å². The summed E-state index contributed by atoms with van der Waals surface area (Å²) >= 11 is 1.77. The molecular formula is C18H24N2OS. The summed E-state index contributed by atoms with van der Waals surface area (Å²) < 4.78 is 5.74. The van der Waals surface area contributed by atoms with Gasteiger partial charge in [0.2, 0.25) is 0 Å². The van der Waals surface area contributed by atoms with Crippen molar-refractivity contribution in [1.82, 2.24) is 9.88 Å². The van der Waals surface area contributed by atoms with E-state index in [4.69, 9.17) is 4.74 Å². The molecule has 1 aliphatic heterocycles. The van der Waals surface area contributed by atoms with Crippen LogP contribution in [0.25, 0.3) is 0 Å². The van der Waals surface area contributed by atoms with Gasteiger partial charge in [-0.15, -0.1) is 11.3 Å². The van der Waals surface area contributed by atoms with E-state index < -0.39 is 0 Å². The van der Waals surface area contributed by atoms with Gasteiger partial charge in [-0.2, -0.15) is 0 Å².